The van der Waals surface area contributed by atoms with Gasteiger partial charge in [-0.3, -0.25) is 14.0 Å². The quantitative estimate of drug-likeness (QED) is 0.449. The Balaban J connectivity index is 1.43. The molecule has 2 amide bonds. The zero-order valence-corrected chi connectivity index (χ0v) is 20.1. The van der Waals surface area contributed by atoms with Crippen LogP contribution in [0.1, 0.15) is 78.8 Å². The molecule has 2 saturated carbocycles. The first-order valence-corrected chi connectivity index (χ1v) is 12.5. The molecule has 0 radical (unpaired) electrons. The molecule has 2 atom stereocenters. The van der Waals surface area contributed by atoms with Crippen LogP contribution in [0.15, 0.2) is 37.1 Å². The van der Waals surface area contributed by atoms with E-state index in [9.17, 15) is 22.8 Å². The van der Waals surface area contributed by atoms with Crippen molar-refractivity contribution in [2.45, 2.75) is 63.0 Å². The summed E-state index contributed by atoms with van der Waals surface area (Å²) in [6.07, 6.45) is 7.73. The number of carbonyl (C=O) groups is 2. The lowest BCUT2D eigenvalue weighted by atomic mass is 9.81. The average molecular weight is 516 g/mol. The molecule has 2 aliphatic carbocycles. The highest BCUT2D eigenvalue weighted by Crippen LogP contribution is 2.42. The van der Waals surface area contributed by atoms with Crippen LogP contribution in [0.3, 0.4) is 0 Å². The van der Waals surface area contributed by atoms with Crippen LogP contribution >= 0.6 is 0 Å². The van der Waals surface area contributed by atoms with E-state index in [1.165, 1.54) is 18.6 Å². The number of nitrogens with one attached hydrogen (secondary N) is 2. The van der Waals surface area contributed by atoms with Crippen molar-refractivity contribution in [1.82, 2.24) is 35.2 Å². The molecule has 3 aromatic rings. The molecule has 3 heterocycles. The SMILES string of the molecule is O=C(CCF)N[C@@H](c1cnn2cc([C@@H](NC(=O)c3ccncn3)C3CCC(F)(F)CC3)nc2c1)C1CC1. The first kappa shape index (κ1) is 25.1. The van der Waals surface area contributed by atoms with Crippen molar-refractivity contribution < 1.29 is 22.8 Å². The van der Waals surface area contributed by atoms with E-state index in [2.05, 4.69) is 25.7 Å². The Hall–Kier alpha value is -3.57. The molecule has 5 rings (SSSR count). The zero-order chi connectivity index (χ0) is 26.0. The summed E-state index contributed by atoms with van der Waals surface area (Å²) in [5.41, 5.74) is 1.94. The summed E-state index contributed by atoms with van der Waals surface area (Å²) in [6.45, 7) is -0.723. The van der Waals surface area contributed by atoms with E-state index >= 15 is 0 Å². The number of alkyl halides is 3. The summed E-state index contributed by atoms with van der Waals surface area (Å²) < 4.78 is 42.0. The van der Waals surface area contributed by atoms with Crippen molar-refractivity contribution in [2.75, 3.05) is 6.67 Å². The molecule has 0 saturated heterocycles. The number of fused-ring (bicyclic) bond motifs is 1. The van der Waals surface area contributed by atoms with Crippen molar-refractivity contribution in [3.8, 4) is 0 Å². The normalized spacial score (nSPS) is 19.3. The Morgan fingerprint density at radius 3 is 2.54 bits per heavy atom. The monoisotopic (exact) mass is 515 g/mol. The smallest absolute Gasteiger partial charge is 0.270 e. The van der Waals surface area contributed by atoms with Gasteiger partial charge in [0.1, 0.15) is 12.0 Å². The number of aromatic nitrogens is 5. The third-order valence-electron chi connectivity index (χ3n) is 7.10. The van der Waals surface area contributed by atoms with Gasteiger partial charge >= 0.3 is 0 Å². The second kappa shape index (κ2) is 10.4. The summed E-state index contributed by atoms with van der Waals surface area (Å²) in [5.74, 6) is -3.50. The van der Waals surface area contributed by atoms with Crippen molar-refractivity contribution in [1.29, 1.82) is 0 Å². The molecule has 0 bridgehead atoms. The molecule has 12 heteroatoms. The predicted molar refractivity (Wildman–Crippen MR) is 126 cm³/mol. The maximum atomic E-state index is 13.9. The van der Waals surface area contributed by atoms with E-state index < -0.39 is 24.5 Å². The Bertz CT molecular complexity index is 1260. The van der Waals surface area contributed by atoms with Gasteiger partial charge < -0.3 is 10.6 Å². The van der Waals surface area contributed by atoms with Crippen LogP contribution in [0.4, 0.5) is 13.2 Å². The Labute approximate surface area is 211 Å². The highest BCUT2D eigenvalue weighted by Gasteiger charge is 2.39. The number of hydrogen-bond acceptors (Lipinski definition) is 6. The highest BCUT2D eigenvalue weighted by atomic mass is 19.3. The number of amides is 2. The van der Waals surface area contributed by atoms with Crippen molar-refractivity contribution in [2.24, 2.45) is 11.8 Å². The topological polar surface area (TPSA) is 114 Å². The lowest BCUT2D eigenvalue weighted by Gasteiger charge is -2.33. The van der Waals surface area contributed by atoms with E-state index in [1.807, 2.05) is 6.07 Å². The van der Waals surface area contributed by atoms with Crippen LogP contribution in [-0.2, 0) is 4.79 Å². The Morgan fingerprint density at radius 2 is 1.86 bits per heavy atom. The molecule has 0 unspecified atom stereocenters. The van der Waals surface area contributed by atoms with Gasteiger partial charge in [-0.05, 0) is 55.2 Å². The standard InChI is InChI=1S/C25H28F3N7O2/c26-9-5-21(36)33-22(15-1-2-15)17-11-20-32-19(13-35(20)31-12-17)23(16-3-7-25(27,28)8-4-16)34-24(37)18-6-10-29-14-30-18/h6,10-16,22-23H,1-5,7-9H2,(H,33,36)(H,34,37)/t22-,23+/m1/s1. The molecule has 2 fully saturated rings. The molecule has 0 aromatic carbocycles. The van der Waals surface area contributed by atoms with E-state index in [0.29, 0.717) is 11.3 Å². The van der Waals surface area contributed by atoms with Gasteiger partial charge in [-0.2, -0.15) is 5.10 Å². The van der Waals surface area contributed by atoms with Crippen LogP contribution in [0.5, 0.6) is 0 Å². The van der Waals surface area contributed by atoms with Gasteiger partial charge in [0, 0.05) is 19.0 Å². The van der Waals surface area contributed by atoms with Crippen molar-refractivity contribution >= 4 is 17.5 Å². The number of imidazole rings is 1. The van der Waals surface area contributed by atoms with Gasteiger partial charge in [-0.1, -0.05) is 0 Å². The minimum absolute atomic E-state index is 0.168. The van der Waals surface area contributed by atoms with E-state index in [4.69, 9.17) is 4.98 Å². The maximum Gasteiger partial charge on any atom is 0.270 e. The first-order valence-electron chi connectivity index (χ1n) is 12.5. The summed E-state index contributed by atoms with van der Waals surface area (Å²) >= 11 is 0. The summed E-state index contributed by atoms with van der Waals surface area (Å²) in [4.78, 5) is 37.5. The Kier molecular flexibility index (Phi) is 7.07. The van der Waals surface area contributed by atoms with Gasteiger partial charge in [0.15, 0.2) is 5.65 Å². The number of nitrogens with zero attached hydrogens (tertiary/aromatic N) is 5. The maximum absolute atomic E-state index is 13.9. The van der Waals surface area contributed by atoms with E-state index in [-0.39, 0.29) is 61.6 Å². The third-order valence-corrected chi connectivity index (χ3v) is 7.10. The van der Waals surface area contributed by atoms with Crippen molar-refractivity contribution in [3.05, 3.63) is 54.0 Å². The second-order valence-electron chi connectivity index (χ2n) is 9.82. The molecule has 0 spiro atoms. The van der Waals surface area contributed by atoms with Gasteiger partial charge in [0.2, 0.25) is 11.8 Å². The third kappa shape index (κ3) is 5.89. The Morgan fingerprint density at radius 1 is 1.11 bits per heavy atom. The van der Waals surface area contributed by atoms with Gasteiger partial charge in [-0.15, -0.1) is 0 Å². The molecule has 9 nitrogen and oxygen atoms in total. The summed E-state index contributed by atoms with van der Waals surface area (Å²) in [6, 6.07) is 2.39. The number of rotatable bonds is 9. The minimum Gasteiger partial charge on any atom is -0.349 e. The fourth-order valence-corrected chi connectivity index (χ4v) is 4.93. The summed E-state index contributed by atoms with van der Waals surface area (Å²) in [7, 11) is 0. The molecule has 3 aromatic heterocycles. The van der Waals surface area contributed by atoms with Gasteiger partial charge in [0.25, 0.3) is 5.91 Å². The average Bonchev–Trinajstić information content (AvgIpc) is 3.64. The van der Waals surface area contributed by atoms with Gasteiger partial charge in [0.05, 0.1) is 43.3 Å². The molecular weight excluding hydrogens is 487 g/mol. The second-order valence-corrected chi connectivity index (χ2v) is 9.82. The lowest BCUT2D eigenvalue weighted by molar-refractivity contribution is -0.122. The molecule has 196 valence electrons. The molecule has 2 aliphatic rings. The summed E-state index contributed by atoms with van der Waals surface area (Å²) in [5, 5.41) is 10.3. The number of hydrogen-bond donors (Lipinski definition) is 2. The zero-order valence-electron chi connectivity index (χ0n) is 20.1. The lowest BCUT2D eigenvalue weighted by Crippen LogP contribution is -2.37. The first-order chi connectivity index (χ1) is 17.8. The van der Waals surface area contributed by atoms with Crippen LogP contribution in [0, 0.1) is 11.8 Å². The van der Waals surface area contributed by atoms with E-state index in [1.54, 1.807) is 16.9 Å². The minimum atomic E-state index is -2.71. The van der Waals surface area contributed by atoms with Crippen LogP contribution < -0.4 is 10.6 Å². The van der Waals surface area contributed by atoms with Crippen molar-refractivity contribution in [3.63, 3.8) is 0 Å². The molecule has 0 aliphatic heterocycles. The predicted octanol–water partition coefficient (Wildman–Crippen LogP) is 3.74. The van der Waals surface area contributed by atoms with E-state index in [0.717, 1.165) is 18.4 Å². The highest BCUT2D eigenvalue weighted by molar-refractivity contribution is 5.92. The van der Waals surface area contributed by atoms with Gasteiger partial charge in [-0.25, -0.2) is 28.2 Å². The number of halogens is 3. The largest absolute Gasteiger partial charge is 0.349 e. The number of carbonyl (C=O) groups excluding carboxylic acids is 2. The van der Waals surface area contributed by atoms with Crippen LogP contribution in [-0.4, -0.2) is 49.0 Å². The van der Waals surface area contributed by atoms with Crippen LogP contribution in [0.2, 0.25) is 0 Å². The van der Waals surface area contributed by atoms with Crippen LogP contribution in [0.25, 0.3) is 5.65 Å². The molecular formula is C25H28F3N7O2. The fraction of sp³-hybridized carbons (Fsp3) is 0.520. The molecule has 2 N–H and O–H groups in total. The fourth-order valence-electron chi connectivity index (χ4n) is 4.93. The molecule has 37 heavy (non-hydrogen) atoms.